The minimum Gasteiger partial charge on any atom is -0.357 e. The second-order valence-electron chi connectivity index (χ2n) is 9.03. The molecular formula is C23H39IN4O. The van der Waals surface area contributed by atoms with Crippen LogP contribution >= 0.6 is 24.0 Å². The predicted octanol–water partition coefficient (Wildman–Crippen LogP) is 4.70. The summed E-state index contributed by atoms with van der Waals surface area (Å²) in [5, 5.41) is 6.89. The third-order valence-electron chi connectivity index (χ3n) is 5.11. The molecule has 6 heteroatoms. The number of benzene rings is 1. The summed E-state index contributed by atoms with van der Waals surface area (Å²) in [6.45, 7) is 14.1. The van der Waals surface area contributed by atoms with Gasteiger partial charge in [0.25, 0.3) is 0 Å². The van der Waals surface area contributed by atoms with Crippen molar-refractivity contribution < 1.29 is 4.79 Å². The largest absolute Gasteiger partial charge is 0.357 e. The molecule has 1 aromatic rings. The smallest absolute Gasteiger partial charge is 0.222 e. The van der Waals surface area contributed by atoms with Crippen LogP contribution in [0.2, 0.25) is 0 Å². The maximum atomic E-state index is 12.0. The molecule has 29 heavy (non-hydrogen) atoms. The van der Waals surface area contributed by atoms with Gasteiger partial charge in [0.2, 0.25) is 5.91 Å². The molecule has 1 amide bonds. The molecule has 2 N–H and O–H groups in total. The lowest BCUT2D eigenvalue weighted by Gasteiger charge is -2.23. The first-order chi connectivity index (χ1) is 13.3. The van der Waals surface area contributed by atoms with Gasteiger partial charge in [-0.05, 0) is 49.7 Å². The molecule has 1 aliphatic rings. The topological polar surface area (TPSA) is 56.7 Å². The van der Waals surface area contributed by atoms with Crippen LogP contribution in [-0.2, 0) is 17.9 Å². The van der Waals surface area contributed by atoms with Crippen molar-refractivity contribution in [3.8, 4) is 0 Å². The number of hydrogen-bond donors (Lipinski definition) is 2. The second kappa shape index (κ2) is 12.4. The first-order valence-corrected chi connectivity index (χ1v) is 10.7. The van der Waals surface area contributed by atoms with Gasteiger partial charge in [0.05, 0.1) is 6.54 Å². The molecule has 2 rings (SSSR count). The minimum absolute atomic E-state index is 0. The van der Waals surface area contributed by atoms with E-state index in [2.05, 4.69) is 57.4 Å². The Labute approximate surface area is 194 Å². The van der Waals surface area contributed by atoms with Crippen molar-refractivity contribution in [2.24, 2.45) is 10.4 Å². The van der Waals surface area contributed by atoms with Crippen molar-refractivity contribution in [2.75, 3.05) is 13.1 Å². The van der Waals surface area contributed by atoms with Crippen LogP contribution in [0.25, 0.3) is 0 Å². The van der Waals surface area contributed by atoms with Gasteiger partial charge in [-0.25, -0.2) is 4.99 Å². The highest BCUT2D eigenvalue weighted by Crippen LogP contribution is 2.21. The van der Waals surface area contributed by atoms with E-state index in [1.807, 2.05) is 17.0 Å². The van der Waals surface area contributed by atoms with Gasteiger partial charge in [-0.15, -0.1) is 24.0 Å². The molecule has 0 radical (unpaired) electrons. The standard InChI is InChI=1S/C23H38N4O.HI/c1-6-24-22(26-18(2)13-14-23(3,4)5)25-16-19-10-7-8-11-20(19)17-27-15-9-12-21(27)28;/h7-8,10-11,18H,6,9,12-17H2,1-5H3,(H2,24,25,26);1H. The van der Waals surface area contributed by atoms with Crippen LogP contribution in [-0.4, -0.2) is 35.9 Å². The van der Waals surface area contributed by atoms with Crippen molar-refractivity contribution in [1.29, 1.82) is 0 Å². The van der Waals surface area contributed by atoms with E-state index in [-0.39, 0.29) is 29.9 Å². The maximum absolute atomic E-state index is 12.0. The van der Waals surface area contributed by atoms with E-state index in [4.69, 9.17) is 4.99 Å². The maximum Gasteiger partial charge on any atom is 0.222 e. The lowest BCUT2D eigenvalue weighted by Crippen LogP contribution is -2.42. The summed E-state index contributed by atoms with van der Waals surface area (Å²) >= 11 is 0. The summed E-state index contributed by atoms with van der Waals surface area (Å²) < 4.78 is 0. The molecule has 1 fully saturated rings. The van der Waals surface area contributed by atoms with E-state index in [0.717, 1.165) is 31.9 Å². The first kappa shape index (κ1) is 25.7. The Morgan fingerprint density at radius 1 is 1.24 bits per heavy atom. The zero-order valence-electron chi connectivity index (χ0n) is 18.8. The van der Waals surface area contributed by atoms with Crippen molar-refractivity contribution in [1.82, 2.24) is 15.5 Å². The number of aliphatic imine (C=N–C) groups is 1. The van der Waals surface area contributed by atoms with Crippen LogP contribution in [0.1, 0.15) is 71.4 Å². The Morgan fingerprint density at radius 3 is 2.52 bits per heavy atom. The lowest BCUT2D eigenvalue weighted by molar-refractivity contribution is -0.128. The molecule has 1 aromatic carbocycles. The van der Waals surface area contributed by atoms with Crippen LogP contribution in [0, 0.1) is 5.41 Å². The van der Waals surface area contributed by atoms with Gasteiger partial charge in [-0.2, -0.15) is 0 Å². The molecule has 0 saturated carbocycles. The molecule has 5 nitrogen and oxygen atoms in total. The third-order valence-corrected chi connectivity index (χ3v) is 5.11. The molecule has 1 atom stereocenters. The number of nitrogens with zero attached hydrogens (tertiary/aromatic N) is 2. The molecular weight excluding hydrogens is 475 g/mol. The average molecular weight is 514 g/mol. The number of guanidine groups is 1. The SMILES string of the molecule is CCNC(=NCc1ccccc1CN1CCCC1=O)NC(C)CCC(C)(C)C.I. The summed E-state index contributed by atoms with van der Waals surface area (Å²) in [6.07, 6.45) is 3.94. The molecule has 1 aliphatic heterocycles. The van der Waals surface area contributed by atoms with Crippen LogP contribution in [0.3, 0.4) is 0 Å². The number of likely N-dealkylation sites (tertiary alicyclic amines) is 1. The van der Waals surface area contributed by atoms with Gasteiger partial charge in [-0.3, -0.25) is 4.79 Å². The van der Waals surface area contributed by atoms with Crippen molar-refractivity contribution >= 4 is 35.8 Å². The van der Waals surface area contributed by atoms with Crippen molar-refractivity contribution in [2.45, 2.75) is 79.4 Å². The zero-order chi connectivity index (χ0) is 20.6. The summed E-state index contributed by atoms with van der Waals surface area (Å²) in [6, 6.07) is 8.69. The Bertz CT molecular complexity index is 669. The summed E-state index contributed by atoms with van der Waals surface area (Å²) in [7, 11) is 0. The highest BCUT2D eigenvalue weighted by atomic mass is 127. The number of nitrogens with one attached hydrogen (secondary N) is 2. The monoisotopic (exact) mass is 514 g/mol. The molecule has 1 saturated heterocycles. The Balaban J connectivity index is 0.00000420. The Hall–Kier alpha value is -1.31. The second-order valence-corrected chi connectivity index (χ2v) is 9.03. The summed E-state index contributed by atoms with van der Waals surface area (Å²) in [4.78, 5) is 18.7. The summed E-state index contributed by atoms with van der Waals surface area (Å²) in [5.41, 5.74) is 2.72. The molecule has 1 unspecified atom stereocenters. The highest BCUT2D eigenvalue weighted by Gasteiger charge is 2.21. The first-order valence-electron chi connectivity index (χ1n) is 10.7. The Morgan fingerprint density at radius 2 is 1.93 bits per heavy atom. The fourth-order valence-electron chi connectivity index (χ4n) is 3.38. The molecule has 1 heterocycles. The van der Waals surface area contributed by atoms with E-state index in [0.29, 0.717) is 31.0 Å². The van der Waals surface area contributed by atoms with Crippen molar-refractivity contribution in [3.63, 3.8) is 0 Å². The zero-order valence-corrected chi connectivity index (χ0v) is 21.1. The predicted molar refractivity (Wildman–Crippen MR) is 133 cm³/mol. The van der Waals surface area contributed by atoms with Crippen LogP contribution in [0.5, 0.6) is 0 Å². The van der Waals surface area contributed by atoms with Gasteiger partial charge in [0.15, 0.2) is 5.96 Å². The number of halogens is 1. The molecule has 0 bridgehead atoms. The number of amides is 1. The van der Waals surface area contributed by atoms with Gasteiger partial charge in [0.1, 0.15) is 0 Å². The van der Waals surface area contributed by atoms with Gasteiger partial charge >= 0.3 is 0 Å². The number of carbonyl (C=O) groups is 1. The number of hydrogen-bond acceptors (Lipinski definition) is 2. The minimum atomic E-state index is 0. The van der Waals surface area contributed by atoms with E-state index in [9.17, 15) is 4.79 Å². The normalized spacial score (nSPS) is 15.8. The van der Waals surface area contributed by atoms with Gasteiger partial charge in [0, 0.05) is 32.1 Å². The van der Waals surface area contributed by atoms with Crippen LogP contribution in [0.4, 0.5) is 0 Å². The highest BCUT2D eigenvalue weighted by molar-refractivity contribution is 14.0. The summed E-state index contributed by atoms with van der Waals surface area (Å²) in [5.74, 6) is 1.12. The fraction of sp³-hybridized carbons (Fsp3) is 0.652. The van der Waals surface area contributed by atoms with Crippen LogP contribution in [0.15, 0.2) is 29.3 Å². The fourth-order valence-corrected chi connectivity index (χ4v) is 3.38. The number of rotatable bonds is 8. The molecule has 164 valence electrons. The number of carbonyl (C=O) groups excluding carboxylic acids is 1. The molecule has 0 aliphatic carbocycles. The van der Waals surface area contributed by atoms with Gasteiger partial charge < -0.3 is 15.5 Å². The van der Waals surface area contributed by atoms with E-state index >= 15 is 0 Å². The third kappa shape index (κ3) is 9.36. The Kier molecular flexibility index (Phi) is 11.0. The van der Waals surface area contributed by atoms with E-state index < -0.39 is 0 Å². The molecule has 0 aromatic heterocycles. The van der Waals surface area contributed by atoms with Crippen molar-refractivity contribution in [3.05, 3.63) is 35.4 Å². The molecule has 0 spiro atoms. The average Bonchev–Trinajstić information content (AvgIpc) is 3.03. The van der Waals surface area contributed by atoms with E-state index in [1.54, 1.807) is 0 Å². The van der Waals surface area contributed by atoms with Crippen LogP contribution < -0.4 is 10.6 Å². The van der Waals surface area contributed by atoms with E-state index in [1.165, 1.54) is 17.5 Å². The lowest BCUT2D eigenvalue weighted by atomic mass is 9.89. The quantitative estimate of drug-likeness (QED) is 0.301. The van der Waals surface area contributed by atoms with Gasteiger partial charge in [-0.1, -0.05) is 45.0 Å².